The Morgan fingerprint density at radius 2 is 1.62 bits per heavy atom. The van der Waals surface area contributed by atoms with Gasteiger partial charge in [0, 0.05) is 37.9 Å². The second-order valence-electron chi connectivity index (χ2n) is 7.22. The molecule has 1 saturated heterocycles. The molecule has 1 aliphatic heterocycles. The van der Waals surface area contributed by atoms with Gasteiger partial charge in [-0.25, -0.2) is 0 Å². The molecular formula is C20H32N4O2. The Kier molecular flexibility index (Phi) is 7.60. The Morgan fingerprint density at radius 3 is 2.19 bits per heavy atom. The van der Waals surface area contributed by atoms with Crippen molar-refractivity contribution in [3.8, 4) is 0 Å². The molecule has 0 bridgehead atoms. The number of aryl methyl sites for hydroxylation is 1. The molecule has 1 heterocycles. The molecule has 6 heteroatoms. The van der Waals surface area contributed by atoms with E-state index in [9.17, 15) is 9.59 Å². The topological polar surface area (TPSA) is 64.7 Å². The largest absolute Gasteiger partial charge is 0.353 e. The fraction of sp³-hybridized carbons (Fsp3) is 0.600. The monoisotopic (exact) mass is 360 g/mol. The highest BCUT2D eigenvalue weighted by Crippen LogP contribution is 2.17. The van der Waals surface area contributed by atoms with Crippen LogP contribution in [0.5, 0.6) is 0 Å². The van der Waals surface area contributed by atoms with Crippen LogP contribution in [0.4, 0.5) is 5.69 Å². The van der Waals surface area contributed by atoms with E-state index in [1.54, 1.807) is 0 Å². The van der Waals surface area contributed by atoms with Crippen LogP contribution in [0.25, 0.3) is 0 Å². The van der Waals surface area contributed by atoms with Crippen molar-refractivity contribution in [2.24, 2.45) is 0 Å². The fourth-order valence-electron chi connectivity index (χ4n) is 3.01. The van der Waals surface area contributed by atoms with E-state index >= 15 is 0 Å². The molecule has 1 atom stereocenters. The molecular weight excluding hydrogens is 328 g/mol. The number of hydrogen-bond acceptors (Lipinski definition) is 4. The number of nitrogens with one attached hydrogen (secondary N) is 2. The van der Waals surface area contributed by atoms with Gasteiger partial charge in [-0.05, 0) is 44.4 Å². The van der Waals surface area contributed by atoms with Crippen molar-refractivity contribution in [1.29, 1.82) is 0 Å². The van der Waals surface area contributed by atoms with Gasteiger partial charge in [0.15, 0.2) is 0 Å². The highest BCUT2D eigenvalue weighted by Gasteiger charge is 2.21. The third-order valence-corrected chi connectivity index (χ3v) is 5.10. The van der Waals surface area contributed by atoms with Gasteiger partial charge in [0.2, 0.25) is 11.8 Å². The number of piperazine rings is 1. The predicted octanol–water partition coefficient (Wildman–Crippen LogP) is 1.77. The lowest BCUT2D eigenvalue weighted by molar-refractivity contribution is -0.124. The third kappa shape index (κ3) is 6.11. The van der Waals surface area contributed by atoms with E-state index in [1.807, 2.05) is 39.0 Å². The quantitative estimate of drug-likeness (QED) is 0.778. The molecule has 0 aliphatic carbocycles. The van der Waals surface area contributed by atoms with Gasteiger partial charge in [0.05, 0.1) is 13.1 Å². The summed E-state index contributed by atoms with van der Waals surface area (Å²) in [6.07, 6.45) is 0.940. The first-order valence-electron chi connectivity index (χ1n) is 9.49. The maximum atomic E-state index is 12.3. The SMILES string of the molecule is CC[C@H](C)NC(=O)CN1CCN(CC(=O)Nc2cccc(C)c2C)CC1. The number of rotatable bonds is 7. The highest BCUT2D eigenvalue weighted by atomic mass is 16.2. The van der Waals surface area contributed by atoms with Crippen molar-refractivity contribution in [3.63, 3.8) is 0 Å². The summed E-state index contributed by atoms with van der Waals surface area (Å²) in [6, 6.07) is 6.16. The lowest BCUT2D eigenvalue weighted by atomic mass is 10.1. The number of carbonyl (C=O) groups is 2. The van der Waals surface area contributed by atoms with E-state index in [4.69, 9.17) is 0 Å². The smallest absolute Gasteiger partial charge is 0.238 e. The average molecular weight is 361 g/mol. The first kappa shape index (κ1) is 20.4. The van der Waals surface area contributed by atoms with Crippen LogP contribution in [0, 0.1) is 13.8 Å². The highest BCUT2D eigenvalue weighted by molar-refractivity contribution is 5.93. The first-order valence-corrected chi connectivity index (χ1v) is 9.49. The third-order valence-electron chi connectivity index (χ3n) is 5.10. The Bertz CT molecular complexity index is 624. The first-order chi connectivity index (χ1) is 12.4. The fourth-order valence-corrected chi connectivity index (χ4v) is 3.01. The van der Waals surface area contributed by atoms with Crippen LogP contribution < -0.4 is 10.6 Å². The molecule has 0 radical (unpaired) electrons. The van der Waals surface area contributed by atoms with E-state index in [0.29, 0.717) is 13.1 Å². The van der Waals surface area contributed by atoms with Crippen LogP contribution in [-0.2, 0) is 9.59 Å². The van der Waals surface area contributed by atoms with Gasteiger partial charge >= 0.3 is 0 Å². The number of amides is 2. The van der Waals surface area contributed by atoms with Crippen LogP contribution in [0.2, 0.25) is 0 Å². The zero-order chi connectivity index (χ0) is 19.1. The van der Waals surface area contributed by atoms with Gasteiger partial charge < -0.3 is 10.6 Å². The molecule has 26 heavy (non-hydrogen) atoms. The summed E-state index contributed by atoms with van der Waals surface area (Å²) < 4.78 is 0. The summed E-state index contributed by atoms with van der Waals surface area (Å²) in [4.78, 5) is 28.6. The van der Waals surface area contributed by atoms with Crippen LogP contribution in [0.3, 0.4) is 0 Å². The molecule has 1 aromatic carbocycles. The zero-order valence-electron chi connectivity index (χ0n) is 16.5. The number of hydrogen-bond donors (Lipinski definition) is 2. The van der Waals surface area contributed by atoms with Crippen molar-refractivity contribution in [3.05, 3.63) is 29.3 Å². The Morgan fingerprint density at radius 1 is 1.04 bits per heavy atom. The molecule has 1 aliphatic rings. The van der Waals surface area contributed by atoms with Gasteiger partial charge in [0.1, 0.15) is 0 Å². The van der Waals surface area contributed by atoms with Gasteiger partial charge in [-0.2, -0.15) is 0 Å². The van der Waals surface area contributed by atoms with Gasteiger partial charge in [-0.1, -0.05) is 19.1 Å². The average Bonchev–Trinajstić information content (AvgIpc) is 2.60. The molecule has 6 nitrogen and oxygen atoms in total. The van der Waals surface area contributed by atoms with Crippen LogP contribution >= 0.6 is 0 Å². The van der Waals surface area contributed by atoms with Crippen molar-refractivity contribution in [1.82, 2.24) is 15.1 Å². The standard InChI is InChI=1S/C20H32N4O2/c1-5-16(3)21-19(25)13-23-9-11-24(12-10-23)14-20(26)22-18-8-6-7-15(2)17(18)4/h6-8,16H,5,9-14H2,1-4H3,(H,21,25)(H,22,26)/t16-/m0/s1. The Balaban J connectivity index is 1.73. The molecule has 144 valence electrons. The van der Waals surface area contributed by atoms with E-state index in [-0.39, 0.29) is 17.9 Å². The molecule has 0 saturated carbocycles. The van der Waals surface area contributed by atoms with Crippen LogP contribution in [0.15, 0.2) is 18.2 Å². The minimum Gasteiger partial charge on any atom is -0.353 e. The maximum absolute atomic E-state index is 12.3. The van der Waals surface area contributed by atoms with Crippen molar-refractivity contribution in [2.45, 2.75) is 40.2 Å². The summed E-state index contributed by atoms with van der Waals surface area (Å²) in [6.45, 7) is 12.2. The summed E-state index contributed by atoms with van der Waals surface area (Å²) in [7, 11) is 0. The van der Waals surface area contributed by atoms with E-state index < -0.39 is 0 Å². The zero-order valence-corrected chi connectivity index (χ0v) is 16.5. The van der Waals surface area contributed by atoms with Crippen molar-refractivity contribution >= 4 is 17.5 Å². The summed E-state index contributed by atoms with van der Waals surface area (Å²) >= 11 is 0. The molecule has 2 amide bonds. The van der Waals surface area contributed by atoms with Crippen molar-refractivity contribution < 1.29 is 9.59 Å². The van der Waals surface area contributed by atoms with E-state index in [1.165, 1.54) is 5.56 Å². The molecule has 2 N–H and O–H groups in total. The minimum atomic E-state index is 0.0154. The van der Waals surface area contributed by atoms with Crippen LogP contribution in [0.1, 0.15) is 31.4 Å². The molecule has 0 aromatic heterocycles. The second-order valence-corrected chi connectivity index (χ2v) is 7.22. The lowest BCUT2D eigenvalue weighted by Crippen LogP contribution is -2.51. The lowest BCUT2D eigenvalue weighted by Gasteiger charge is -2.34. The number of carbonyl (C=O) groups excluding carboxylic acids is 2. The van der Waals surface area contributed by atoms with E-state index in [2.05, 4.69) is 27.4 Å². The Hall–Kier alpha value is -1.92. The minimum absolute atomic E-state index is 0.0154. The van der Waals surface area contributed by atoms with E-state index in [0.717, 1.165) is 43.9 Å². The predicted molar refractivity (Wildman–Crippen MR) is 105 cm³/mol. The number of benzene rings is 1. The van der Waals surface area contributed by atoms with Crippen molar-refractivity contribution in [2.75, 3.05) is 44.6 Å². The summed E-state index contributed by atoms with van der Waals surface area (Å²) in [5.74, 6) is 0.0992. The number of anilines is 1. The normalized spacial score (nSPS) is 16.9. The number of nitrogens with zero attached hydrogens (tertiary/aromatic N) is 2. The van der Waals surface area contributed by atoms with Gasteiger partial charge in [-0.3, -0.25) is 19.4 Å². The molecule has 2 rings (SSSR count). The Labute approximate surface area is 156 Å². The molecule has 1 aromatic rings. The maximum Gasteiger partial charge on any atom is 0.238 e. The van der Waals surface area contributed by atoms with Gasteiger partial charge in [0.25, 0.3) is 0 Å². The van der Waals surface area contributed by atoms with Gasteiger partial charge in [-0.15, -0.1) is 0 Å². The molecule has 1 fully saturated rings. The summed E-state index contributed by atoms with van der Waals surface area (Å²) in [5.41, 5.74) is 3.17. The molecule has 0 spiro atoms. The van der Waals surface area contributed by atoms with Crippen LogP contribution in [-0.4, -0.2) is 66.9 Å². The molecule has 0 unspecified atom stereocenters. The summed E-state index contributed by atoms with van der Waals surface area (Å²) in [5, 5.41) is 6.01. The second kappa shape index (κ2) is 9.69.